The lowest BCUT2D eigenvalue weighted by molar-refractivity contribution is 0.0696. The van der Waals surface area contributed by atoms with Gasteiger partial charge in [-0.2, -0.15) is 5.26 Å². The average Bonchev–Trinajstić information content (AvgIpc) is 2.71. The van der Waals surface area contributed by atoms with Gasteiger partial charge in [-0.1, -0.05) is 19.4 Å². The number of hydrogen-bond acceptors (Lipinski definition) is 6. The molecule has 2 aromatic rings. The highest BCUT2D eigenvalue weighted by Gasteiger charge is 2.17. The highest BCUT2D eigenvalue weighted by molar-refractivity contribution is 5.97. The van der Waals surface area contributed by atoms with Crippen molar-refractivity contribution in [1.82, 2.24) is 0 Å². The Morgan fingerprint density at radius 2 is 1.90 bits per heavy atom. The molecule has 0 bridgehead atoms. The van der Waals surface area contributed by atoms with Crippen molar-refractivity contribution in [2.24, 2.45) is 0 Å². The number of ketones is 1. The Kier molecular flexibility index (Phi) is 8.24. The molecule has 2 aromatic carbocycles. The summed E-state index contributed by atoms with van der Waals surface area (Å²) >= 11 is 0. The third-order valence-corrected chi connectivity index (χ3v) is 4.51. The molecular formula is C23H25NO6. The van der Waals surface area contributed by atoms with E-state index < -0.39 is 5.97 Å². The van der Waals surface area contributed by atoms with E-state index in [2.05, 4.69) is 0 Å². The molecular weight excluding hydrogens is 386 g/mol. The number of rotatable bonds is 11. The number of hydrogen-bond donors (Lipinski definition) is 2. The Bertz CT molecular complexity index is 961. The number of carbonyl (C=O) groups excluding carboxylic acids is 1. The van der Waals surface area contributed by atoms with Gasteiger partial charge in [0.1, 0.15) is 23.9 Å². The van der Waals surface area contributed by atoms with Gasteiger partial charge in [-0.3, -0.25) is 4.79 Å². The minimum atomic E-state index is -1.07. The van der Waals surface area contributed by atoms with E-state index in [1.807, 2.05) is 13.0 Å². The highest BCUT2D eigenvalue weighted by Crippen LogP contribution is 2.34. The van der Waals surface area contributed by atoms with E-state index in [9.17, 15) is 19.8 Å². The first-order valence-electron chi connectivity index (χ1n) is 9.73. The lowest BCUT2D eigenvalue weighted by Gasteiger charge is -2.16. The smallest absolute Gasteiger partial charge is 0.335 e. The van der Waals surface area contributed by atoms with Crippen LogP contribution in [-0.2, 0) is 13.0 Å². The van der Waals surface area contributed by atoms with Crippen molar-refractivity contribution in [3.63, 3.8) is 0 Å². The zero-order valence-corrected chi connectivity index (χ0v) is 17.1. The van der Waals surface area contributed by atoms with Gasteiger partial charge in [-0.25, -0.2) is 4.79 Å². The predicted octanol–water partition coefficient (Wildman–Crippen LogP) is 4.51. The molecule has 0 aliphatic carbocycles. The molecule has 0 aromatic heterocycles. The topological polar surface area (TPSA) is 117 Å². The number of carboxylic acids is 1. The van der Waals surface area contributed by atoms with Crippen molar-refractivity contribution in [2.45, 2.75) is 46.1 Å². The van der Waals surface area contributed by atoms with Gasteiger partial charge in [-0.15, -0.1) is 0 Å². The second-order valence-corrected chi connectivity index (χ2v) is 6.77. The molecule has 2 rings (SSSR count). The van der Waals surface area contributed by atoms with E-state index in [0.717, 1.165) is 6.42 Å². The molecule has 0 saturated heterocycles. The Morgan fingerprint density at radius 1 is 1.13 bits per heavy atom. The molecule has 30 heavy (non-hydrogen) atoms. The summed E-state index contributed by atoms with van der Waals surface area (Å²) in [6.07, 6.45) is 2.16. The van der Waals surface area contributed by atoms with Crippen molar-refractivity contribution < 1.29 is 29.3 Å². The van der Waals surface area contributed by atoms with Crippen LogP contribution in [0.3, 0.4) is 0 Å². The highest BCUT2D eigenvalue weighted by atomic mass is 16.5. The number of nitrogens with zero attached hydrogens (tertiary/aromatic N) is 1. The standard InChI is InChI=1S/C23H25NO6/c1-3-6-19-20(10-9-18(15(2)25)22(19)26)30-14-17-8-7-16(23(27)28)13-21(17)29-12-5-4-11-24/h7-10,13,26H,3-6,12,14H2,1-2H3,(H,27,28). The third kappa shape index (κ3) is 5.74. The minimum Gasteiger partial charge on any atom is -0.507 e. The Labute approximate surface area is 175 Å². The second-order valence-electron chi connectivity index (χ2n) is 6.77. The Morgan fingerprint density at radius 3 is 2.53 bits per heavy atom. The molecule has 0 heterocycles. The van der Waals surface area contributed by atoms with Crippen LogP contribution in [0, 0.1) is 11.3 Å². The number of nitriles is 1. The zero-order valence-electron chi connectivity index (χ0n) is 17.1. The SMILES string of the molecule is CCCc1c(OCc2ccc(C(=O)O)cc2OCCCC#N)ccc(C(C)=O)c1O. The number of ether oxygens (including phenoxy) is 2. The number of carbonyl (C=O) groups is 2. The van der Waals surface area contributed by atoms with Crippen LogP contribution in [0.25, 0.3) is 0 Å². The van der Waals surface area contributed by atoms with E-state index in [0.29, 0.717) is 41.9 Å². The minimum absolute atomic E-state index is 0.0731. The van der Waals surface area contributed by atoms with Crippen molar-refractivity contribution in [1.29, 1.82) is 5.26 Å². The maximum atomic E-state index is 11.7. The number of phenols is 1. The third-order valence-electron chi connectivity index (χ3n) is 4.51. The fourth-order valence-corrected chi connectivity index (χ4v) is 2.96. The summed E-state index contributed by atoms with van der Waals surface area (Å²) in [5.74, 6) is -0.546. The molecule has 0 fully saturated rings. The fraction of sp³-hybridized carbons (Fsp3) is 0.348. The summed E-state index contributed by atoms with van der Waals surface area (Å²) in [6.45, 7) is 3.72. The van der Waals surface area contributed by atoms with Crippen LogP contribution < -0.4 is 9.47 Å². The van der Waals surface area contributed by atoms with Gasteiger partial charge in [-0.05, 0) is 44.0 Å². The maximum absolute atomic E-state index is 11.7. The summed E-state index contributed by atoms with van der Waals surface area (Å²) in [5.41, 5.74) is 1.53. The number of phenolic OH excluding ortho intramolecular Hbond substituents is 1. The summed E-state index contributed by atoms with van der Waals surface area (Å²) < 4.78 is 11.6. The molecule has 0 radical (unpaired) electrons. The lowest BCUT2D eigenvalue weighted by Crippen LogP contribution is -2.07. The molecule has 2 N–H and O–H groups in total. The monoisotopic (exact) mass is 411 g/mol. The number of aromatic carboxylic acids is 1. The van der Waals surface area contributed by atoms with Gasteiger partial charge in [0.25, 0.3) is 0 Å². The first-order valence-corrected chi connectivity index (χ1v) is 9.73. The number of Topliss-reactive ketones (excluding diaryl/α,β-unsaturated/α-hetero) is 1. The van der Waals surface area contributed by atoms with Gasteiger partial charge >= 0.3 is 5.97 Å². The van der Waals surface area contributed by atoms with Crippen LogP contribution in [0.1, 0.15) is 65.0 Å². The fourth-order valence-electron chi connectivity index (χ4n) is 2.96. The first kappa shape index (κ1) is 22.8. The van der Waals surface area contributed by atoms with Gasteiger partial charge in [0.05, 0.1) is 23.8 Å². The normalized spacial score (nSPS) is 10.3. The molecule has 0 spiro atoms. The molecule has 7 heteroatoms. The quantitative estimate of drug-likeness (QED) is 0.413. The van der Waals surface area contributed by atoms with Crippen molar-refractivity contribution in [3.8, 4) is 23.3 Å². The second kappa shape index (κ2) is 10.9. The van der Waals surface area contributed by atoms with Crippen molar-refractivity contribution in [2.75, 3.05) is 6.61 Å². The molecule has 7 nitrogen and oxygen atoms in total. The molecule has 0 unspecified atom stereocenters. The average molecular weight is 411 g/mol. The largest absolute Gasteiger partial charge is 0.507 e. The van der Waals surface area contributed by atoms with Crippen LogP contribution in [0.2, 0.25) is 0 Å². The van der Waals surface area contributed by atoms with Crippen LogP contribution in [0.4, 0.5) is 0 Å². The van der Waals surface area contributed by atoms with Gasteiger partial charge < -0.3 is 19.7 Å². The van der Waals surface area contributed by atoms with Gasteiger partial charge in [0, 0.05) is 17.5 Å². The number of unbranched alkanes of at least 4 members (excludes halogenated alkanes) is 1. The molecule has 0 saturated carbocycles. The van der Waals surface area contributed by atoms with Crippen molar-refractivity contribution in [3.05, 3.63) is 52.6 Å². The Hall–Kier alpha value is -3.53. The molecule has 0 aliphatic heterocycles. The first-order chi connectivity index (χ1) is 14.4. The summed E-state index contributed by atoms with van der Waals surface area (Å²) in [4.78, 5) is 23.0. The lowest BCUT2D eigenvalue weighted by atomic mass is 10.0. The predicted molar refractivity (Wildman–Crippen MR) is 110 cm³/mol. The van der Waals surface area contributed by atoms with Crippen LogP contribution in [0.15, 0.2) is 30.3 Å². The molecule has 0 amide bonds. The number of aromatic hydroxyl groups is 1. The zero-order chi connectivity index (χ0) is 22.1. The van der Waals surface area contributed by atoms with Crippen LogP contribution >= 0.6 is 0 Å². The maximum Gasteiger partial charge on any atom is 0.335 e. The molecule has 0 aliphatic rings. The van der Waals surface area contributed by atoms with Gasteiger partial charge in [0.15, 0.2) is 5.78 Å². The van der Waals surface area contributed by atoms with Gasteiger partial charge in [0.2, 0.25) is 0 Å². The van der Waals surface area contributed by atoms with Crippen molar-refractivity contribution >= 4 is 11.8 Å². The van der Waals surface area contributed by atoms with E-state index in [4.69, 9.17) is 14.7 Å². The molecule has 158 valence electrons. The number of benzene rings is 2. The van der Waals surface area contributed by atoms with Crippen LogP contribution in [0.5, 0.6) is 17.2 Å². The Balaban J connectivity index is 2.27. The summed E-state index contributed by atoms with van der Waals surface area (Å²) in [7, 11) is 0. The van der Waals surface area contributed by atoms with E-state index >= 15 is 0 Å². The van der Waals surface area contributed by atoms with E-state index in [-0.39, 0.29) is 35.9 Å². The number of carboxylic acid groups (broad SMARTS) is 1. The van der Waals surface area contributed by atoms with E-state index in [1.54, 1.807) is 12.1 Å². The summed E-state index contributed by atoms with van der Waals surface area (Å²) in [6, 6.07) is 9.72. The van der Waals surface area contributed by atoms with E-state index in [1.165, 1.54) is 25.1 Å². The summed E-state index contributed by atoms with van der Waals surface area (Å²) in [5, 5.41) is 28.3. The molecule has 0 atom stereocenters. The van der Waals surface area contributed by atoms with Crippen LogP contribution in [-0.4, -0.2) is 28.6 Å².